The van der Waals surface area contributed by atoms with Crippen LogP contribution in [0.4, 0.5) is 0 Å². The Kier molecular flexibility index (Phi) is 5.64. The van der Waals surface area contributed by atoms with Crippen molar-refractivity contribution in [1.82, 2.24) is 10.3 Å². The number of ether oxygens (including phenoxy) is 2. The van der Waals surface area contributed by atoms with Crippen molar-refractivity contribution in [3.63, 3.8) is 0 Å². The molecular formula is C19H18N2O3S. The van der Waals surface area contributed by atoms with E-state index in [0.29, 0.717) is 18.0 Å². The van der Waals surface area contributed by atoms with Crippen LogP contribution in [0.25, 0.3) is 10.6 Å². The molecule has 0 radical (unpaired) electrons. The minimum atomic E-state index is -0.183. The molecular weight excluding hydrogens is 336 g/mol. The number of amides is 1. The number of hydrogen-bond donors (Lipinski definition) is 1. The first-order chi connectivity index (χ1) is 12.2. The van der Waals surface area contributed by atoms with Crippen LogP contribution >= 0.6 is 11.3 Å². The predicted octanol–water partition coefficient (Wildman–Crippen LogP) is 3.51. The summed E-state index contributed by atoms with van der Waals surface area (Å²) >= 11 is 1.64. The van der Waals surface area contributed by atoms with Crippen LogP contribution in [0.15, 0.2) is 60.1 Å². The Bertz CT molecular complexity index is 834. The minimum Gasteiger partial charge on any atom is -0.497 e. The largest absolute Gasteiger partial charge is 0.497 e. The Morgan fingerprint density at radius 2 is 2.04 bits per heavy atom. The van der Waals surface area contributed by atoms with Gasteiger partial charge in [-0.15, -0.1) is 11.3 Å². The van der Waals surface area contributed by atoms with Crippen LogP contribution in [0.2, 0.25) is 0 Å². The number of carbonyl (C=O) groups excluding carboxylic acids is 1. The number of benzene rings is 1. The number of nitrogens with one attached hydrogen (secondary N) is 1. The van der Waals surface area contributed by atoms with Crippen LogP contribution in [0.3, 0.4) is 0 Å². The highest BCUT2D eigenvalue weighted by molar-refractivity contribution is 7.13. The van der Waals surface area contributed by atoms with Crippen LogP contribution in [0.1, 0.15) is 5.56 Å². The Morgan fingerprint density at radius 1 is 1.16 bits per heavy atom. The fourth-order valence-corrected chi connectivity index (χ4v) is 2.93. The fraction of sp³-hybridized carbons (Fsp3) is 0.158. The molecule has 1 N–H and O–H groups in total. The van der Waals surface area contributed by atoms with Gasteiger partial charge in [-0.05, 0) is 41.3 Å². The zero-order chi connectivity index (χ0) is 17.5. The number of methoxy groups -OCH3 is 1. The predicted molar refractivity (Wildman–Crippen MR) is 97.9 cm³/mol. The van der Waals surface area contributed by atoms with E-state index in [-0.39, 0.29) is 12.5 Å². The second-order valence-electron chi connectivity index (χ2n) is 5.27. The van der Waals surface area contributed by atoms with E-state index < -0.39 is 0 Å². The highest BCUT2D eigenvalue weighted by Crippen LogP contribution is 2.23. The summed E-state index contributed by atoms with van der Waals surface area (Å²) in [4.78, 5) is 17.4. The maximum Gasteiger partial charge on any atom is 0.258 e. The molecule has 0 atom stereocenters. The van der Waals surface area contributed by atoms with Gasteiger partial charge in [-0.25, -0.2) is 0 Å². The lowest BCUT2D eigenvalue weighted by Crippen LogP contribution is -2.28. The molecule has 1 aromatic carbocycles. The van der Waals surface area contributed by atoms with Gasteiger partial charge in [0, 0.05) is 18.8 Å². The summed E-state index contributed by atoms with van der Waals surface area (Å²) in [5, 5.41) is 4.87. The first kappa shape index (κ1) is 17.0. The van der Waals surface area contributed by atoms with Gasteiger partial charge in [0.05, 0.1) is 17.7 Å². The number of hydrogen-bond acceptors (Lipinski definition) is 5. The first-order valence-corrected chi connectivity index (χ1v) is 8.65. The molecule has 0 aliphatic carbocycles. The summed E-state index contributed by atoms with van der Waals surface area (Å²) in [6, 6.07) is 15.0. The Labute approximate surface area is 150 Å². The SMILES string of the molecule is COc1cccc(OCC(=O)NCc2ccnc(-c3cccs3)c2)c1. The minimum absolute atomic E-state index is 0.0456. The molecule has 2 aromatic heterocycles. The van der Waals surface area contributed by atoms with Crippen molar-refractivity contribution in [3.05, 3.63) is 65.7 Å². The van der Waals surface area contributed by atoms with Gasteiger partial charge >= 0.3 is 0 Å². The van der Waals surface area contributed by atoms with Gasteiger partial charge in [-0.1, -0.05) is 12.1 Å². The van der Waals surface area contributed by atoms with Crippen LogP contribution in [0.5, 0.6) is 11.5 Å². The summed E-state index contributed by atoms with van der Waals surface area (Å²) < 4.78 is 10.6. The maximum absolute atomic E-state index is 12.0. The molecule has 0 fully saturated rings. The molecule has 0 spiro atoms. The highest BCUT2D eigenvalue weighted by atomic mass is 32.1. The number of pyridine rings is 1. The fourth-order valence-electron chi connectivity index (χ4n) is 2.23. The third-order valence-corrected chi connectivity index (χ3v) is 4.39. The van der Waals surface area contributed by atoms with Gasteiger partial charge < -0.3 is 14.8 Å². The normalized spacial score (nSPS) is 10.3. The summed E-state index contributed by atoms with van der Waals surface area (Å²) in [6.07, 6.45) is 1.75. The zero-order valence-electron chi connectivity index (χ0n) is 13.8. The molecule has 25 heavy (non-hydrogen) atoms. The standard InChI is InChI=1S/C19H18N2O3S/c1-23-15-4-2-5-16(11-15)24-13-19(22)21-12-14-7-8-20-17(10-14)18-6-3-9-25-18/h2-11H,12-13H2,1H3,(H,21,22). The molecule has 1 amide bonds. The monoisotopic (exact) mass is 354 g/mol. The van der Waals surface area contributed by atoms with E-state index in [1.807, 2.05) is 41.8 Å². The first-order valence-electron chi connectivity index (χ1n) is 7.77. The Hall–Kier alpha value is -2.86. The van der Waals surface area contributed by atoms with Crippen molar-refractivity contribution in [1.29, 1.82) is 0 Å². The molecule has 0 saturated heterocycles. The molecule has 0 aliphatic rings. The van der Waals surface area contributed by atoms with Crippen LogP contribution in [-0.4, -0.2) is 24.6 Å². The number of rotatable bonds is 7. The van der Waals surface area contributed by atoms with Gasteiger partial charge in [-0.2, -0.15) is 0 Å². The van der Waals surface area contributed by atoms with Gasteiger partial charge in [-0.3, -0.25) is 9.78 Å². The summed E-state index contributed by atoms with van der Waals surface area (Å²) in [5.41, 5.74) is 1.91. The van der Waals surface area contributed by atoms with Crippen molar-refractivity contribution < 1.29 is 14.3 Å². The molecule has 3 rings (SSSR count). The second kappa shape index (κ2) is 8.30. The molecule has 3 aromatic rings. The number of carbonyl (C=O) groups is 1. The van der Waals surface area contributed by atoms with Crippen molar-refractivity contribution in [2.24, 2.45) is 0 Å². The number of aromatic nitrogens is 1. The van der Waals surface area contributed by atoms with Crippen molar-refractivity contribution in [3.8, 4) is 22.1 Å². The van der Waals surface area contributed by atoms with Crippen molar-refractivity contribution in [2.75, 3.05) is 13.7 Å². The average Bonchev–Trinajstić information content (AvgIpc) is 3.20. The van der Waals surface area contributed by atoms with E-state index in [1.165, 1.54) is 0 Å². The summed E-state index contributed by atoms with van der Waals surface area (Å²) in [5.74, 6) is 1.10. The molecule has 0 saturated carbocycles. The van der Waals surface area contributed by atoms with E-state index in [0.717, 1.165) is 16.1 Å². The topological polar surface area (TPSA) is 60.5 Å². The molecule has 0 bridgehead atoms. The average molecular weight is 354 g/mol. The third kappa shape index (κ3) is 4.81. The molecule has 5 nitrogen and oxygen atoms in total. The van der Waals surface area contributed by atoms with Crippen LogP contribution in [-0.2, 0) is 11.3 Å². The lowest BCUT2D eigenvalue weighted by Gasteiger charge is -2.09. The maximum atomic E-state index is 12.0. The lowest BCUT2D eigenvalue weighted by atomic mass is 10.2. The molecule has 128 valence electrons. The number of nitrogens with zero attached hydrogens (tertiary/aromatic N) is 1. The van der Waals surface area contributed by atoms with Crippen LogP contribution < -0.4 is 14.8 Å². The van der Waals surface area contributed by atoms with Gasteiger partial charge in [0.2, 0.25) is 0 Å². The van der Waals surface area contributed by atoms with Gasteiger partial charge in [0.15, 0.2) is 6.61 Å². The van der Waals surface area contributed by atoms with E-state index in [4.69, 9.17) is 9.47 Å². The lowest BCUT2D eigenvalue weighted by molar-refractivity contribution is -0.123. The van der Waals surface area contributed by atoms with Crippen LogP contribution in [0, 0.1) is 0 Å². The molecule has 0 aliphatic heterocycles. The second-order valence-corrected chi connectivity index (χ2v) is 6.22. The van der Waals surface area contributed by atoms with Crippen molar-refractivity contribution in [2.45, 2.75) is 6.54 Å². The van der Waals surface area contributed by atoms with E-state index in [1.54, 1.807) is 36.8 Å². The molecule has 6 heteroatoms. The molecule has 0 unspecified atom stereocenters. The smallest absolute Gasteiger partial charge is 0.258 e. The van der Waals surface area contributed by atoms with Crippen molar-refractivity contribution >= 4 is 17.2 Å². The van der Waals surface area contributed by atoms with E-state index in [2.05, 4.69) is 10.3 Å². The number of thiophene rings is 1. The zero-order valence-corrected chi connectivity index (χ0v) is 14.6. The quantitative estimate of drug-likeness (QED) is 0.705. The summed E-state index contributed by atoms with van der Waals surface area (Å²) in [7, 11) is 1.59. The summed E-state index contributed by atoms with van der Waals surface area (Å²) in [6.45, 7) is 0.386. The Morgan fingerprint density at radius 3 is 2.84 bits per heavy atom. The van der Waals surface area contributed by atoms with Gasteiger partial charge in [0.25, 0.3) is 5.91 Å². The van der Waals surface area contributed by atoms with E-state index >= 15 is 0 Å². The molecule has 2 heterocycles. The highest BCUT2D eigenvalue weighted by Gasteiger charge is 2.06. The third-order valence-electron chi connectivity index (χ3n) is 3.50. The van der Waals surface area contributed by atoms with E-state index in [9.17, 15) is 4.79 Å². The van der Waals surface area contributed by atoms with Gasteiger partial charge in [0.1, 0.15) is 11.5 Å². The Balaban J connectivity index is 1.51.